The Morgan fingerprint density at radius 3 is 2.37 bits per heavy atom. The number of hydrogen-bond acceptors (Lipinski definition) is 3. The fourth-order valence-corrected chi connectivity index (χ4v) is 3.15. The van der Waals surface area contributed by atoms with Crippen molar-refractivity contribution in [1.82, 2.24) is 5.32 Å². The van der Waals surface area contributed by atoms with E-state index < -0.39 is 17.4 Å². The minimum atomic E-state index is -1.33. The highest BCUT2D eigenvalue weighted by Crippen LogP contribution is 2.23. The molecule has 1 atom stereocenters. The van der Waals surface area contributed by atoms with Crippen LogP contribution < -0.4 is 5.32 Å². The maximum Gasteiger partial charge on any atom is 0.331 e. The van der Waals surface area contributed by atoms with Gasteiger partial charge >= 0.3 is 5.97 Å². The summed E-state index contributed by atoms with van der Waals surface area (Å²) in [7, 11) is 0. The van der Waals surface area contributed by atoms with E-state index in [2.05, 4.69) is 37.2 Å². The lowest BCUT2D eigenvalue weighted by molar-refractivity contribution is -0.144. The summed E-state index contributed by atoms with van der Waals surface area (Å²) < 4.78 is 6.56. The van der Waals surface area contributed by atoms with Crippen LogP contribution in [-0.4, -0.2) is 35.7 Å². The minimum absolute atomic E-state index is 0.0107. The van der Waals surface area contributed by atoms with Crippen molar-refractivity contribution < 1.29 is 19.4 Å². The van der Waals surface area contributed by atoms with Crippen molar-refractivity contribution in [2.24, 2.45) is 0 Å². The third-order valence-electron chi connectivity index (χ3n) is 2.91. The van der Waals surface area contributed by atoms with E-state index in [9.17, 15) is 14.7 Å². The van der Waals surface area contributed by atoms with Gasteiger partial charge in [0.2, 0.25) is 0 Å². The Balaban J connectivity index is 2.22. The zero-order valence-corrected chi connectivity index (χ0v) is 13.0. The van der Waals surface area contributed by atoms with Crippen LogP contribution in [0.15, 0.2) is 27.1 Å². The molecule has 1 aliphatic heterocycles. The molecule has 102 valence electrons. The summed E-state index contributed by atoms with van der Waals surface area (Å²) in [6.45, 7) is 0.317. The molecule has 7 heteroatoms. The molecule has 0 bridgehead atoms. The van der Waals surface area contributed by atoms with Crippen LogP contribution in [0.4, 0.5) is 0 Å². The minimum Gasteiger partial charge on any atom is -0.479 e. The molecule has 1 aromatic rings. The van der Waals surface area contributed by atoms with E-state index in [1.165, 1.54) is 0 Å². The topological polar surface area (TPSA) is 75.6 Å². The molecule has 1 unspecified atom stereocenters. The quantitative estimate of drug-likeness (QED) is 0.826. The second-order valence-electron chi connectivity index (χ2n) is 4.30. The Kier molecular flexibility index (Phi) is 4.27. The number of nitrogens with one attached hydrogen (secondary N) is 1. The molecule has 2 rings (SSSR count). The van der Waals surface area contributed by atoms with Gasteiger partial charge in [-0.05, 0) is 18.2 Å². The molecule has 1 aliphatic rings. The van der Waals surface area contributed by atoms with Crippen LogP contribution in [0.3, 0.4) is 0 Å². The first kappa shape index (κ1) is 14.5. The SMILES string of the molecule is O=C(NC1(C(=O)O)CCOC1)c1cc(Br)cc(Br)c1. The average Bonchev–Trinajstić information content (AvgIpc) is 2.77. The zero-order valence-electron chi connectivity index (χ0n) is 9.78. The van der Waals surface area contributed by atoms with Gasteiger partial charge in [-0.1, -0.05) is 31.9 Å². The summed E-state index contributed by atoms with van der Waals surface area (Å²) in [6.07, 6.45) is 0.267. The lowest BCUT2D eigenvalue weighted by Crippen LogP contribution is -2.55. The number of aliphatic carboxylic acids is 1. The van der Waals surface area contributed by atoms with Crippen molar-refractivity contribution in [3.63, 3.8) is 0 Å². The Hall–Kier alpha value is -0.920. The number of halogens is 2. The van der Waals surface area contributed by atoms with E-state index >= 15 is 0 Å². The monoisotopic (exact) mass is 391 g/mol. The maximum atomic E-state index is 12.1. The number of carbonyl (C=O) groups excluding carboxylic acids is 1. The molecule has 19 heavy (non-hydrogen) atoms. The molecule has 2 N–H and O–H groups in total. The first-order valence-electron chi connectivity index (χ1n) is 5.53. The average molecular weight is 393 g/mol. The zero-order chi connectivity index (χ0) is 14.0. The number of benzene rings is 1. The van der Waals surface area contributed by atoms with E-state index in [4.69, 9.17) is 4.74 Å². The molecule has 0 aliphatic carbocycles. The van der Waals surface area contributed by atoms with E-state index in [1.807, 2.05) is 0 Å². The first-order chi connectivity index (χ1) is 8.93. The van der Waals surface area contributed by atoms with Gasteiger partial charge in [-0.15, -0.1) is 0 Å². The van der Waals surface area contributed by atoms with Gasteiger partial charge < -0.3 is 15.2 Å². The Morgan fingerprint density at radius 1 is 1.26 bits per heavy atom. The number of amides is 1. The summed E-state index contributed by atoms with van der Waals surface area (Å²) in [4.78, 5) is 23.5. The molecule has 1 amide bonds. The Bertz CT molecular complexity index is 506. The maximum absolute atomic E-state index is 12.1. The number of carbonyl (C=O) groups is 2. The lowest BCUT2D eigenvalue weighted by atomic mass is 9.98. The van der Waals surface area contributed by atoms with Crippen LogP contribution in [0.1, 0.15) is 16.8 Å². The van der Waals surface area contributed by atoms with E-state index in [0.717, 1.165) is 8.95 Å². The van der Waals surface area contributed by atoms with Crippen LogP contribution >= 0.6 is 31.9 Å². The number of hydrogen-bond donors (Lipinski definition) is 2. The largest absolute Gasteiger partial charge is 0.479 e. The summed E-state index contributed by atoms with van der Waals surface area (Å²) >= 11 is 6.57. The summed E-state index contributed by atoms with van der Waals surface area (Å²) in [5.74, 6) is -1.51. The molecular formula is C12H11Br2NO4. The standard InChI is InChI=1S/C12H11Br2NO4/c13-8-3-7(4-9(14)5-8)10(16)15-12(11(17)18)1-2-19-6-12/h3-5H,1-2,6H2,(H,15,16)(H,17,18). The van der Waals surface area contributed by atoms with Crippen LogP contribution in [-0.2, 0) is 9.53 Å². The fraction of sp³-hybridized carbons (Fsp3) is 0.333. The molecule has 5 nitrogen and oxygen atoms in total. The van der Waals surface area contributed by atoms with Crippen molar-refractivity contribution in [3.05, 3.63) is 32.7 Å². The number of carboxylic acids is 1. The number of ether oxygens (including phenoxy) is 1. The highest BCUT2D eigenvalue weighted by atomic mass is 79.9. The van der Waals surface area contributed by atoms with Crippen LogP contribution in [0.25, 0.3) is 0 Å². The molecule has 1 aromatic carbocycles. The van der Waals surface area contributed by atoms with Crippen molar-refractivity contribution in [2.75, 3.05) is 13.2 Å². The van der Waals surface area contributed by atoms with E-state index in [-0.39, 0.29) is 13.0 Å². The van der Waals surface area contributed by atoms with Gasteiger partial charge in [0.1, 0.15) is 0 Å². The Morgan fingerprint density at radius 2 is 1.89 bits per heavy atom. The highest BCUT2D eigenvalue weighted by molar-refractivity contribution is 9.11. The Labute approximate surface area is 126 Å². The van der Waals surface area contributed by atoms with Gasteiger partial charge in [0.25, 0.3) is 5.91 Å². The first-order valence-corrected chi connectivity index (χ1v) is 7.11. The fourth-order valence-electron chi connectivity index (χ4n) is 1.86. The second-order valence-corrected chi connectivity index (χ2v) is 6.13. The molecule has 0 aromatic heterocycles. The predicted molar refractivity (Wildman–Crippen MR) is 75.1 cm³/mol. The normalized spacial score (nSPS) is 22.2. The lowest BCUT2D eigenvalue weighted by Gasteiger charge is -2.23. The van der Waals surface area contributed by atoms with Crippen molar-refractivity contribution in [1.29, 1.82) is 0 Å². The molecule has 0 saturated carbocycles. The molecule has 0 radical (unpaired) electrons. The third-order valence-corrected chi connectivity index (χ3v) is 3.82. The molecule has 0 spiro atoms. The van der Waals surface area contributed by atoms with Crippen LogP contribution in [0.2, 0.25) is 0 Å². The van der Waals surface area contributed by atoms with Crippen molar-refractivity contribution in [3.8, 4) is 0 Å². The van der Waals surface area contributed by atoms with Gasteiger partial charge in [-0.25, -0.2) is 4.79 Å². The summed E-state index contributed by atoms with van der Waals surface area (Å²) in [6, 6.07) is 5.05. The molecule has 1 saturated heterocycles. The predicted octanol–water partition coefficient (Wildman–Crippen LogP) is 2.19. The molecule has 1 fully saturated rings. The van der Waals surface area contributed by atoms with Crippen molar-refractivity contribution >= 4 is 43.7 Å². The van der Waals surface area contributed by atoms with E-state index in [1.54, 1.807) is 18.2 Å². The summed E-state index contributed by atoms with van der Waals surface area (Å²) in [5.41, 5.74) is -0.944. The van der Waals surface area contributed by atoms with Crippen LogP contribution in [0.5, 0.6) is 0 Å². The number of carboxylic acid groups (broad SMARTS) is 1. The smallest absolute Gasteiger partial charge is 0.331 e. The molecular weight excluding hydrogens is 382 g/mol. The third kappa shape index (κ3) is 3.16. The van der Waals surface area contributed by atoms with Gasteiger partial charge in [0.05, 0.1) is 6.61 Å². The molecule has 1 heterocycles. The van der Waals surface area contributed by atoms with Gasteiger partial charge in [0, 0.05) is 27.5 Å². The van der Waals surface area contributed by atoms with Crippen LogP contribution in [0, 0.1) is 0 Å². The second kappa shape index (κ2) is 5.60. The van der Waals surface area contributed by atoms with Gasteiger partial charge in [0.15, 0.2) is 5.54 Å². The van der Waals surface area contributed by atoms with Gasteiger partial charge in [-0.2, -0.15) is 0 Å². The summed E-state index contributed by atoms with van der Waals surface area (Å²) in [5, 5.41) is 11.8. The van der Waals surface area contributed by atoms with Crippen molar-refractivity contribution in [2.45, 2.75) is 12.0 Å². The highest BCUT2D eigenvalue weighted by Gasteiger charge is 2.44. The van der Waals surface area contributed by atoms with Gasteiger partial charge in [-0.3, -0.25) is 4.79 Å². The number of rotatable bonds is 3. The van der Waals surface area contributed by atoms with E-state index in [0.29, 0.717) is 12.2 Å².